The molecule has 124 valence electrons. The van der Waals surface area contributed by atoms with Gasteiger partial charge in [0.2, 0.25) is 5.82 Å². The molecule has 0 saturated carbocycles. The molecule has 3 rings (SSSR count). The molecule has 2 N–H and O–H groups in total. The van der Waals surface area contributed by atoms with Gasteiger partial charge in [-0.15, -0.1) is 3.80 Å². The molecule has 1 aromatic carbocycles. The highest BCUT2D eigenvalue weighted by Gasteiger charge is 2.65. The number of hydrogen-bond donors (Lipinski definition) is 2. The maximum absolute atomic E-state index is 13.6. The molecule has 0 radical (unpaired) electrons. The third kappa shape index (κ3) is 2.11. The fraction of sp³-hybridized carbons (Fsp3) is 0.0714. The van der Waals surface area contributed by atoms with Crippen molar-refractivity contribution in [2.75, 3.05) is 0 Å². The first-order valence-electron chi connectivity index (χ1n) is 6.84. The van der Waals surface area contributed by atoms with E-state index in [0.29, 0.717) is 0 Å². The van der Waals surface area contributed by atoms with Crippen molar-refractivity contribution < 1.29 is 27.2 Å². The molecule has 0 spiro atoms. The number of nitrogens with zero attached hydrogens (tertiary/aromatic N) is 2. The molecule has 0 amide bonds. The maximum Gasteiger partial charge on any atom is 0.782 e. The van der Waals surface area contributed by atoms with Gasteiger partial charge in [0.1, 0.15) is 4.90 Å². The second-order valence-corrected chi connectivity index (χ2v) is 7.08. The van der Waals surface area contributed by atoms with Crippen LogP contribution < -0.4 is 3.80 Å². The average molecular weight is 353 g/mol. The lowest BCUT2D eigenvalue weighted by molar-refractivity contribution is 0.169. The number of pyridine rings is 1. The number of hydrogen-bond acceptors (Lipinski definition) is 5. The molecule has 0 bridgehead atoms. The molecule has 1 aromatic heterocycles. The minimum absolute atomic E-state index is 0.0837. The number of quaternary nitrogens is 1. The number of rotatable bonds is 4. The number of benzene rings is 1. The molecular formula is C14H12BF2N2O4S+. The molecule has 6 nitrogen and oxygen atoms in total. The summed E-state index contributed by atoms with van der Waals surface area (Å²) in [5, 5.41) is 19.8. The number of aromatic nitrogens is 1. The van der Waals surface area contributed by atoms with Gasteiger partial charge in [-0.05, 0) is 24.3 Å². The van der Waals surface area contributed by atoms with E-state index in [1.54, 1.807) is 6.07 Å². The molecule has 24 heavy (non-hydrogen) atoms. The zero-order valence-corrected chi connectivity index (χ0v) is 12.9. The summed E-state index contributed by atoms with van der Waals surface area (Å²) in [7, 11) is -7.35. The Balaban J connectivity index is 2.39. The molecule has 0 aliphatic carbocycles. The van der Waals surface area contributed by atoms with Gasteiger partial charge in [0.15, 0.2) is 5.70 Å². The predicted octanol–water partition coefficient (Wildman–Crippen LogP) is 1.37. The summed E-state index contributed by atoms with van der Waals surface area (Å²) in [6.07, 6.45) is -1.11. The Morgan fingerprint density at radius 2 is 1.75 bits per heavy atom. The number of fused-ring (bicyclic) bond motifs is 1. The first-order valence-corrected chi connectivity index (χ1v) is 8.28. The third-order valence-corrected chi connectivity index (χ3v) is 5.99. The van der Waals surface area contributed by atoms with E-state index in [0.717, 1.165) is 6.08 Å². The van der Waals surface area contributed by atoms with Gasteiger partial charge in [0, 0.05) is 12.3 Å². The molecular weight excluding hydrogens is 341 g/mol. The molecule has 2 aromatic rings. The van der Waals surface area contributed by atoms with Crippen molar-refractivity contribution in [1.82, 2.24) is 8.78 Å². The van der Waals surface area contributed by atoms with Crippen LogP contribution in [0.5, 0.6) is 0 Å². The highest BCUT2D eigenvalue weighted by molar-refractivity contribution is 7.92. The number of alkyl halides is 2. The minimum atomic E-state index is -4.68. The van der Waals surface area contributed by atoms with Crippen LogP contribution in [0.15, 0.2) is 59.3 Å². The second kappa shape index (κ2) is 5.74. The van der Waals surface area contributed by atoms with E-state index in [-0.39, 0.29) is 16.3 Å². The van der Waals surface area contributed by atoms with Crippen LogP contribution >= 0.6 is 0 Å². The zero-order chi connectivity index (χ0) is 17.5. The third-order valence-electron chi connectivity index (χ3n) is 3.79. The fourth-order valence-electron chi connectivity index (χ4n) is 2.76. The van der Waals surface area contributed by atoms with Gasteiger partial charge in [-0.3, -0.25) is 0 Å². The van der Waals surface area contributed by atoms with Crippen LogP contribution in [0.1, 0.15) is 5.56 Å². The normalized spacial score (nSPS) is 20.0. The van der Waals surface area contributed by atoms with E-state index in [9.17, 15) is 27.2 Å². The van der Waals surface area contributed by atoms with Gasteiger partial charge >= 0.3 is 23.7 Å². The molecule has 1 unspecified atom stereocenters. The first kappa shape index (κ1) is 16.7. The topological polar surface area (TPSA) is 87.5 Å². The van der Waals surface area contributed by atoms with Crippen LogP contribution in [0.25, 0.3) is 6.08 Å². The molecule has 0 fully saturated rings. The zero-order valence-electron chi connectivity index (χ0n) is 12.1. The summed E-state index contributed by atoms with van der Waals surface area (Å²) < 4.78 is 51.6. The maximum atomic E-state index is 13.6. The first-order chi connectivity index (χ1) is 11.3. The van der Waals surface area contributed by atoms with Crippen molar-refractivity contribution in [3.05, 3.63) is 59.9 Å². The van der Waals surface area contributed by atoms with E-state index in [1.165, 1.54) is 42.6 Å². The Bertz CT molecular complexity index is 906. The Morgan fingerprint density at radius 3 is 2.33 bits per heavy atom. The monoisotopic (exact) mass is 353 g/mol. The second-order valence-electron chi connectivity index (χ2n) is 5.08. The number of allylic oxidation sites excluding steroid dienone is 1. The quantitative estimate of drug-likeness (QED) is 0.811. The standard InChI is InChI=1S/C14H12BF2N2O4S/c16-13(17)12-9-10-5-4-8-18-14(10)19(12,15(20)21)24(22,23)11-6-2-1-3-7-11/h1-9,13,20-21H/q+1. The van der Waals surface area contributed by atoms with Crippen molar-refractivity contribution in [3.63, 3.8) is 0 Å². The van der Waals surface area contributed by atoms with Crippen molar-refractivity contribution >= 4 is 29.2 Å². The predicted molar refractivity (Wildman–Crippen MR) is 83.8 cm³/mol. The fourth-order valence-corrected chi connectivity index (χ4v) is 4.64. The molecule has 0 saturated heterocycles. The van der Waals surface area contributed by atoms with Crippen molar-refractivity contribution in [1.29, 1.82) is 0 Å². The summed E-state index contributed by atoms with van der Waals surface area (Å²) in [5.41, 5.74) is -0.886. The Morgan fingerprint density at radius 1 is 1.08 bits per heavy atom. The van der Waals surface area contributed by atoms with Crippen molar-refractivity contribution in [2.45, 2.75) is 11.3 Å². The van der Waals surface area contributed by atoms with Gasteiger partial charge in [0.05, 0.1) is 5.56 Å². The van der Waals surface area contributed by atoms with E-state index in [1.807, 2.05) is 0 Å². The molecule has 1 aliphatic rings. The molecule has 1 aliphatic heterocycles. The Hall–Kier alpha value is -2.14. The van der Waals surface area contributed by atoms with E-state index in [2.05, 4.69) is 4.98 Å². The number of sulfonamides is 1. The SMILES string of the molecule is O=S(=O)(c1ccccc1)[N+]1(B(O)O)C(C(F)F)=Cc2cccnc21. The number of halogens is 2. The molecule has 2 heterocycles. The van der Waals surface area contributed by atoms with Crippen LogP contribution in [-0.4, -0.2) is 37.1 Å². The minimum Gasteiger partial charge on any atom is -0.368 e. The summed E-state index contributed by atoms with van der Waals surface area (Å²) in [6, 6.07) is 9.59. The van der Waals surface area contributed by atoms with Crippen LogP contribution in [0.4, 0.5) is 14.6 Å². The van der Waals surface area contributed by atoms with Gasteiger partial charge in [-0.25, -0.2) is 4.98 Å². The lowest BCUT2D eigenvalue weighted by atomic mass is 10.1. The van der Waals surface area contributed by atoms with Crippen LogP contribution in [0.3, 0.4) is 0 Å². The highest BCUT2D eigenvalue weighted by atomic mass is 32.2. The van der Waals surface area contributed by atoms with Gasteiger partial charge < -0.3 is 10.0 Å². The van der Waals surface area contributed by atoms with Gasteiger partial charge in [-0.1, -0.05) is 18.2 Å². The lowest BCUT2D eigenvalue weighted by Crippen LogP contribution is -2.63. The highest BCUT2D eigenvalue weighted by Crippen LogP contribution is 2.46. The molecule has 10 heteroatoms. The summed E-state index contributed by atoms with van der Waals surface area (Å²) in [4.78, 5) is 3.52. The van der Waals surface area contributed by atoms with Crippen molar-refractivity contribution in [2.24, 2.45) is 0 Å². The Kier molecular flexibility index (Phi) is 4.00. The Labute approximate surface area is 137 Å². The summed E-state index contributed by atoms with van der Waals surface area (Å²) in [5.74, 6) is -0.383. The van der Waals surface area contributed by atoms with Gasteiger partial charge in [0.25, 0.3) is 0 Å². The van der Waals surface area contributed by atoms with E-state index < -0.39 is 33.2 Å². The smallest absolute Gasteiger partial charge is 0.368 e. The van der Waals surface area contributed by atoms with Crippen LogP contribution in [-0.2, 0) is 10.0 Å². The summed E-state index contributed by atoms with van der Waals surface area (Å²) in [6.45, 7) is 0. The lowest BCUT2D eigenvalue weighted by Gasteiger charge is -2.32. The van der Waals surface area contributed by atoms with E-state index in [4.69, 9.17) is 0 Å². The molecule has 1 atom stereocenters. The summed E-state index contributed by atoms with van der Waals surface area (Å²) >= 11 is 0. The van der Waals surface area contributed by atoms with E-state index >= 15 is 0 Å². The van der Waals surface area contributed by atoms with Crippen molar-refractivity contribution in [3.8, 4) is 0 Å². The average Bonchev–Trinajstić information content (AvgIpc) is 2.92. The van der Waals surface area contributed by atoms with Crippen LogP contribution in [0.2, 0.25) is 0 Å². The largest absolute Gasteiger partial charge is 0.782 e. The van der Waals surface area contributed by atoms with Crippen LogP contribution in [0, 0.1) is 0 Å². The van der Waals surface area contributed by atoms with Gasteiger partial charge in [-0.2, -0.15) is 17.2 Å².